The Morgan fingerprint density at radius 3 is 2.46 bits per heavy atom. The Balaban J connectivity index is 1.80. The molecule has 0 saturated carbocycles. The molecule has 0 aliphatic carbocycles. The first-order valence-electron chi connectivity index (χ1n) is 11.3. The summed E-state index contributed by atoms with van der Waals surface area (Å²) in [5.74, 6) is -2.24. The SMILES string of the molecule is Cc1cc(CCl)ccc1CNc1cccc2c1C(=O)N([C@@H](CCC(=O)OC(C)(C)C)C(N)=O)C2=O. The van der Waals surface area contributed by atoms with Gasteiger partial charge in [-0.3, -0.25) is 24.1 Å². The highest BCUT2D eigenvalue weighted by atomic mass is 35.5. The molecule has 186 valence electrons. The Labute approximate surface area is 209 Å². The maximum atomic E-state index is 13.3. The second-order valence-corrected chi connectivity index (χ2v) is 9.77. The number of esters is 1. The number of benzene rings is 2. The van der Waals surface area contributed by atoms with Crippen molar-refractivity contribution in [3.8, 4) is 0 Å². The van der Waals surface area contributed by atoms with Crippen LogP contribution >= 0.6 is 11.6 Å². The van der Waals surface area contributed by atoms with Crippen LogP contribution in [0.15, 0.2) is 36.4 Å². The van der Waals surface area contributed by atoms with Crippen molar-refractivity contribution >= 4 is 41.0 Å². The highest BCUT2D eigenvalue weighted by Gasteiger charge is 2.43. The molecule has 1 atom stereocenters. The minimum Gasteiger partial charge on any atom is -0.460 e. The van der Waals surface area contributed by atoms with E-state index >= 15 is 0 Å². The van der Waals surface area contributed by atoms with Gasteiger partial charge in [0.2, 0.25) is 5.91 Å². The molecule has 1 aliphatic rings. The quantitative estimate of drug-likeness (QED) is 0.306. The fourth-order valence-electron chi connectivity index (χ4n) is 4.01. The van der Waals surface area contributed by atoms with Crippen molar-refractivity contribution in [1.82, 2.24) is 4.90 Å². The van der Waals surface area contributed by atoms with Crippen LogP contribution in [-0.2, 0) is 26.8 Å². The summed E-state index contributed by atoms with van der Waals surface area (Å²) in [5.41, 5.74) is 8.74. The smallest absolute Gasteiger partial charge is 0.306 e. The third-order valence-electron chi connectivity index (χ3n) is 5.66. The van der Waals surface area contributed by atoms with E-state index < -0.39 is 35.3 Å². The molecule has 9 heteroatoms. The molecule has 3 rings (SSSR count). The molecule has 35 heavy (non-hydrogen) atoms. The van der Waals surface area contributed by atoms with Crippen LogP contribution < -0.4 is 11.1 Å². The summed E-state index contributed by atoms with van der Waals surface area (Å²) in [6, 6.07) is 9.53. The van der Waals surface area contributed by atoms with Gasteiger partial charge >= 0.3 is 5.97 Å². The lowest BCUT2D eigenvalue weighted by Gasteiger charge is -2.24. The standard InChI is InChI=1S/C26H30ClN3O5/c1-15-12-16(13-27)8-9-17(15)14-29-19-7-5-6-18-22(19)25(34)30(24(18)33)20(23(28)32)10-11-21(31)35-26(2,3)4/h5-9,12,20,29H,10-11,13-14H2,1-4H3,(H2,28,32)/t20-/m0/s1. The third-order valence-corrected chi connectivity index (χ3v) is 5.97. The third kappa shape index (κ3) is 6.00. The van der Waals surface area contributed by atoms with E-state index in [0.29, 0.717) is 18.1 Å². The van der Waals surface area contributed by atoms with Gasteiger partial charge in [-0.1, -0.05) is 24.3 Å². The van der Waals surface area contributed by atoms with Gasteiger partial charge in [-0.2, -0.15) is 0 Å². The average molecular weight is 500 g/mol. The number of nitrogens with zero attached hydrogens (tertiary/aromatic N) is 1. The summed E-state index contributed by atoms with van der Waals surface area (Å²) in [7, 11) is 0. The number of rotatable bonds is 9. The molecule has 2 aromatic carbocycles. The number of alkyl halides is 1. The lowest BCUT2D eigenvalue weighted by atomic mass is 10.0. The van der Waals surface area contributed by atoms with Crippen LogP contribution in [0.4, 0.5) is 5.69 Å². The minimum absolute atomic E-state index is 0.120. The van der Waals surface area contributed by atoms with E-state index in [4.69, 9.17) is 22.1 Å². The largest absolute Gasteiger partial charge is 0.460 e. The average Bonchev–Trinajstić information content (AvgIpc) is 3.02. The first kappa shape index (κ1) is 26.2. The van der Waals surface area contributed by atoms with Gasteiger partial charge in [-0.15, -0.1) is 11.6 Å². The molecule has 0 radical (unpaired) electrons. The number of ether oxygens (including phenoxy) is 1. The zero-order valence-corrected chi connectivity index (χ0v) is 21.1. The minimum atomic E-state index is -1.27. The summed E-state index contributed by atoms with van der Waals surface area (Å²) in [6.45, 7) is 7.57. The normalized spacial score (nSPS) is 14.0. The topological polar surface area (TPSA) is 119 Å². The molecule has 2 aromatic rings. The van der Waals surface area contributed by atoms with Crippen molar-refractivity contribution < 1.29 is 23.9 Å². The Morgan fingerprint density at radius 2 is 1.86 bits per heavy atom. The highest BCUT2D eigenvalue weighted by Crippen LogP contribution is 2.32. The lowest BCUT2D eigenvalue weighted by molar-refractivity contribution is -0.155. The fraction of sp³-hybridized carbons (Fsp3) is 0.385. The number of imide groups is 1. The zero-order valence-electron chi connectivity index (χ0n) is 20.3. The molecule has 0 bridgehead atoms. The predicted molar refractivity (Wildman–Crippen MR) is 133 cm³/mol. The van der Waals surface area contributed by atoms with Crippen molar-refractivity contribution in [2.45, 2.75) is 64.6 Å². The summed E-state index contributed by atoms with van der Waals surface area (Å²) >= 11 is 5.90. The molecule has 1 aliphatic heterocycles. The Morgan fingerprint density at radius 1 is 1.14 bits per heavy atom. The summed E-state index contributed by atoms with van der Waals surface area (Å²) in [5, 5.41) is 3.23. The molecule has 0 aromatic heterocycles. The van der Waals surface area contributed by atoms with E-state index in [2.05, 4.69) is 5.32 Å². The summed E-state index contributed by atoms with van der Waals surface area (Å²) in [4.78, 5) is 51.7. The highest BCUT2D eigenvalue weighted by molar-refractivity contribution is 6.25. The maximum absolute atomic E-state index is 13.3. The molecule has 0 fully saturated rings. The van der Waals surface area contributed by atoms with E-state index in [0.717, 1.165) is 21.6 Å². The van der Waals surface area contributed by atoms with E-state index in [9.17, 15) is 19.2 Å². The Hall–Kier alpha value is -3.39. The number of amides is 3. The second-order valence-electron chi connectivity index (χ2n) is 9.50. The number of aryl methyl sites for hydroxylation is 1. The van der Waals surface area contributed by atoms with E-state index in [1.54, 1.807) is 32.9 Å². The number of primary amides is 1. The molecule has 0 spiro atoms. The Kier molecular flexibility index (Phi) is 7.85. The van der Waals surface area contributed by atoms with Gasteiger partial charge in [0.05, 0.1) is 11.1 Å². The van der Waals surface area contributed by atoms with Gasteiger partial charge in [-0.05, 0) is 62.9 Å². The van der Waals surface area contributed by atoms with Crippen LogP contribution in [0.2, 0.25) is 0 Å². The fourth-order valence-corrected chi connectivity index (χ4v) is 4.18. The number of carbonyl (C=O) groups is 4. The zero-order chi connectivity index (χ0) is 25.9. The van der Waals surface area contributed by atoms with Crippen molar-refractivity contribution in [2.24, 2.45) is 5.73 Å². The molecule has 0 unspecified atom stereocenters. The van der Waals surface area contributed by atoms with Crippen LogP contribution in [0.3, 0.4) is 0 Å². The number of carbonyl (C=O) groups excluding carboxylic acids is 4. The maximum Gasteiger partial charge on any atom is 0.306 e. The van der Waals surface area contributed by atoms with Crippen LogP contribution in [0.5, 0.6) is 0 Å². The number of hydrogen-bond donors (Lipinski definition) is 2. The summed E-state index contributed by atoms with van der Waals surface area (Å²) in [6.07, 6.45) is -0.286. The van der Waals surface area contributed by atoms with Gasteiger partial charge in [0, 0.05) is 24.5 Å². The first-order chi connectivity index (χ1) is 16.4. The number of nitrogens with two attached hydrogens (primary N) is 1. The van der Waals surface area contributed by atoms with Gasteiger partial charge in [0.25, 0.3) is 11.8 Å². The van der Waals surface area contributed by atoms with Crippen LogP contribution in [0.25, 0.3) is 0 Å². The number of fused-ring (bicyclic) bond motifs is 1. The van der Waals surface area contributed by atoms with Crippen molar-refractivity contribution in [1.29, 1.82) is 0 Å². The van der Waals surface area contributed by atoms with Crippen LogP contribution in [-0.4, -0.2) is 40.2 Å². The number of halogens is 1. The Bertz CT molecular complexity index is 1170. The van der Waals surface area contributed by atoms with E-state index in [1.165, 1.54) is 6.07 Å². The van der Waals surface area contributed by atoms with Crippen LogP contribution in [0, 0.1) is 6.92 Å². The van der Waals surface area contributed by atoms with Crippen LogP contribution in [0.1, 0.15) is 71.0 Å². The van der Waals surface area contributed by atoms with Crippen molar-refractivity contribution in [2.75, 3.05) is 5.32 Å². The van der Waals surface area contributed by atoms with Gasteiger partial charge in [0.15, 0.2) is 0 Å². The molecule has 3 N–H and O–H groups in total. The van der Waals surface area contributed by atoms with Crippen molar-refractivity contribution in [3.63, 3.8) is 0 Å². The molecule has 0 saturated heterocycles. The van der Waals surface area contributed by atoms with E-state index in [1.807, 2.05) is 25.1 Å². The monoisotopic (exact) mass is 499 g/mol. The number of anilines is 1. The summed E-state index contributed by atoms with van der Waals surface area (Å²) < 4.78 is 5.27. The molecule has 1 heterocycles. The predicted octanol–water partition coefficient (Wildman–Crippen LogP) is 3.92. The molecule has 8 nitrogen and oxygen atoms in total. The van der Waals surface area contributed by atoms with E-state index in [-0.39, 0.29) is 24.0 Å². The molecular formula is C26H30ClN3O5. The molecule has 3 amide bonds. The second kappa shape index (κ2) is 10.5. The number of hydrogen-bond acceptors (Lipinski definition) is 6. The first-order valence-corrected chi connectivity index (χ1v) is 11.9. The van der Waals surface area contributed by atoms with Gasteiger partial charge < -0.3 is 15.8 Å². The number of nitrogens with one attached hydrogen (secondary N) is 1. The van der Waals surface area contributed by atoms with Gasteiger partial charge in [-0.25, -0.2) is 0 Å². The molecular weight excluding hydrogens is 470 g/mol. The van der Waals surface area contributed by atoms with Crippen molar-refractivity contribution in [3.05, 3.63) is 64.2 Å². The van der Waals surface area contributed by atoms with Gasteiger partial charge in [0.1, 0.15) is 11.6 Å². The lowest BCUT2D eigenvalue weighted by Crippen LogP contribution is -2.48.